The number of thioether (sulfide) groups is 1. The van der Waals surface area contributed by atoms with Crippen molar-refractivity contribution in [2.45, 2.75) is 11.7 Å². The molecule has 0 radical (unpaired) electrons. The number of anilines is 2. The third-order valence-electron chi connectivity index (χ3n) is 4.43. The van der Waals surface area contributed by atoms with Gasteiger partial charge in [0.15, 0.2) is 0 Å². The number of rotatable bonds is 10. The summed E-state index contributed by atoms with van der Waals surface area (Å²) in [5.41, 5.74) is 5.77. The van der Waals surface area contributed by atoms with E-state index in [2.05, 4.69) is 26.0 Å². The lowest BCUT2D eigenvalue weighted by Gasteiger charge is -2.11. The van der Waals surface area contributed by atoms with Crippen molar-refractivity contribution in [3.05, 3.63) is 59.7 Å². The van der Waals surface area contributed by atoms with E-state index in [0.29, 0.717) is 11.7 Å². The van der Waals surface area contributed by atoms with E-state index >= 15 is 0 Å². The molecule has 1 amide bonds. The van der Waals surface area contributed by atoms with Crippen LogP contribution in [-0.2, 0) is 11.3 Å². The summed E-state index contributed by atoms with van der Waals surface area (Å²) in [6, 6.07) is 15.4. The lowest BCUT2D eigenvalue weighted by Crippen LogP contribution is -2.25. The van der Waals surface area contributed by atoms with Crippen molar-refractivity contribution < 1.29 is 9.53 Å². The Labute approximate surface area is 190 Å². The molecule has 1 heterocycles. The Morgan fingerprint density at radius 1 is 1.19 bits per heavy atom. The first-order valence-corrected chi connectivity index (χ1v) is 10.7. The fourth-order valence-corrected chi connectivity index (χ4v) is 3.29. The van der Waals surface area contributed by atoms with E-state index in [-0.39, 0.29) is 17.6 Å². The van der Waals surface area contributed by atoms with Gasteiger partial charge in [-0.2, -0.15) is 5.10 Å². The average molecular weight is 455 g/mol. The fourth-order valence-electron chi connectivity index (χ4n) is 2.60. The highest BCUT2D eigenvalue weighted by atomic mass is 32.2. The number of amides is 1. The van der Waals surface area contributed by atoms with E-state index in [0.717, 1.165) is 22.6 Å². The molecule has 3 rings (SSSR count). The number of carbonyl (C=O) groups excluding carboxylic acids is 1. The number of hydrogen-bond acceptors (Lipinski definition) is 9. The van der Waals surface area contributed by atoms with Crippen LogP contribution in [0.25, 0.3) is 0 Å². The Bertz CT molecular complexity index is 1050. The van der Waals surface area contributed by atoms with E-state index in [1.807, 2.05) is 67.5 Å². The van der Waals surface area contributed by atoms with Gasteiger partial charge in [-0.1, -0.05) is 36.0 Å². The number of benzene rings is 2. The van der Waals surface area contributed by atoms with Crippen molar-refractivity contribution in [2.75, 3.05) is 43.1 Å². The third kappa shape index (κ3) is 6.38. The summed E-state index contributed by atoms with van der Waals surface area (Å²) in [4.78, 5) is 14.2. The molecule has 0 saturated carbocycles. The summed E-state index contributed by atoms with van der Waals surface area (Å²) in [5.74, 6) is 7.07. The standard InChI is InChI=1S/C21H26N8O2S/c1-28(2)17-8-4-16(5-9-17)13-24-25-20-26-27-21(29(20)22)32-14-19(30)23-12-15-6-10-18(31-3)11-7-15/h4-11,13H,12,14,22H2,1-3H3,(H,23,30)(H,25,26)/b24-13+. The molecule has 168 valence electrons. The second kappa shape index (κ2) is 11.0. The van der Waals surface area contributed by atoms with Crippen LogP contribution in [0.5, 0.6) is 5.75 Å². The number of nitrogens with two attached hydrogens (primary N) is 1. The maximum Gasteiger partial charge on any atom is 0.264 e. The highest BCUT2D eigenvalue weighted by molar-refractivity contribution is 7.99. The number of hydrogen-bond donors (Lipinski definition) is 3. The second-order valence-electron chi connectivity index (χ2n) is 6.95. The highest BCUT2D eigenvalue weighted by Gasteiger charge is 2.12. The number of nitrogen functional groups attached to an aromatic ring is 1. The van der Waals surface area contributed by atoms with Crippen molar-refractivity contribution in [2.24, 2.45) is 5.10 Å². The fraction of sp³-hybridized carbons (Fsp3) is 0.238. The quantitative estimate of drug-likeness (QED) is 0.184. The monoisotopic (exact) mass is 454 g/mol. The van der Waals surface area contributed by atoms with Crippen molar-refractivity contribution in [1.29, 1.82) is 0 Å². The first-order valence-electron chi connectivity index (χ1n) is 9.75. The summed E-state index contributed by atoms with van der Waals surface area (Å²) in [7, 11) is 5.58. The van der Waals surface area contributed by atoms with Gasteiger partial charge in [0.05, 0.1) is 19.1 Å². The van der Waals surface area contributed by atoms with Gasteiger partial charge in [0.2, 0.25) is 11.1 Å². The molecule has 0 aliphatic rings. The van der Waals surface area contributed by atoms with Crippen LogP contribution in [0.1, 0.15) is 11.1 Å². The van der Waals surface area contributed by atoms with Gasteiger partial charge in [-0.25, -0.2) is 10.1 Å². The first-order chi connectivity index (χ1) is 15.5. The van der Waals surface area contributed by atoms with Gasteiger partial charge in [0, 0.05) is 26.3 Å². The Kier molecular flexibility index (Phi) is 7.92. The number of ether oxygens (including phenoxy) is 1. The molecule has 1 aromatic heterocycles. The summed E-state index contributed by atoms with van der Waals surface area (Å²) < 4.78 is 6.38. The van der Waals surface area contributed by atoms with Crippen molar-refractivity contribution in [3.8, 4) is 5.75 Å². The Morgan fingerprint density at radius 2 is 1.91 bits per heavy atom. The highest BCUT2D eigenvalue weighted by Crippen LogP contribution is 2.17. The van der Waals surface area contributed by atoms with Gasteiger partial charge in [-0.15, -0.1) is 10.2 Å². The molecule has 0 fully saturated rings. The molecule has 11 heteroatoms. The van der Waals surface area contributed by atoms with Crippen LogP contribution in [0.4, 0.5) is 11.6 Å². The molecule has 32 heavy (non-hydrogen) atoms. The van der Waals surface area contributed by atoms with Gasteiger partial charge in [-0.3, -0.25) is 4.79 Å². The molecule has 10 nitrogen and oxygen atoms in total. The number of hydrazone groups is 1. The van der Waals surface area contributed by atoms with Crippen LogP contribution in [-0.4, -0.2) is 54.0 Å². The number of carbonyl (C=O) groups is 1. The molecule has 0 aliphatic heterocycles. The molecule has 3 aromatic rings. The third-order valence-corrected chi connectivity index (χ3v) is 5.38. The van der Waals surface area contributed by atoms with Gasteiger partial charge >= 0.3 is 0 Å². The van der Waals surface area contributed by atoms with Crippen molar-refractivity contribution >= 4 is 35.5 Å². The van der Waals surface area contributed by atoms with Crippen LogP contribution in [0.2, 0.25) is 0 Å². The summed E-state index contributed by atoms with van der Waals surface area (Å²) in [6.07, 6.45) is 1.66. The molecule has 0 aliphatic carbocycles. The zero-order valence-corrected chi connectivity index (χ0v) is 19.0. The summed E-state index contributed by atoms with van der Waals surface area (Å²) >= 11 is 1.19. The maximum absolute atomic E-state index is 12.1. The molecule has 0 unspecified atom stereocenters. The lowest BCUT2D eigenvalue weighted by atomic mass is 10.2. The Morgan fingerprint density at radius 3 is 2.56 bits per heavy atom. The van der Waals surface area contributed by atoms with E-state index in [4.69, 9.17) is 10.6 Å². The number of methoxy groups -OCH3 is 1. The molecule has 4 N–H and O–H groups in total. The largest absolute Gasteiger partial charge is 0.497 e. The van der Waals surface area contributed by atoms with Crippen LogP contribution < -0.4 is 26.2 Å². The van der Waals surface area contributed by atoms with Crippen molar-refractivity contribution in [3.63, 3.8) is 0 Å². The smallest absolute Gasteiger partial charge is 0.264 e. The van der Waals surface area contributed by atoms with E-state index < -0.39 is 0 Å². The lowest BCUT2D eigenvalue weighted by molar-refractivity contribution is -0.118. The van der Waals surface area contributed by atoms with E-state index in [1.54, 1.807) is 13.3 Å². The van der Waals surface area contributed by atoms with Crippen LogP contribution >= 0.6 is 11.8 Å². The summed E-state index contributed by atoms with van der Waals surface area (Å²) in [5, 5.41) is 15.4. The predicted molar refractivity (Wildman–Crippen MR) is 128 cm³/mol. The summed E-state index contributed by atoms with van der Waals surface area (Å²) in [6.45, 7) is 0.426. The SMILES string of the molecule is COc1ccc(CNC(=O)CSc2nnc(N/N=C/c3ccc(N(C)C)cc3)n2N)cc1. The van der Waals surface area contributed by atoms with Gasteiger partial charge < -0.3 is 20.8 Å². The maximum atomic E-state index is 12.1. The number of nitrogens with zero attached hydrogens (tertiary/aromatic N) is 5. The van der Waals surface area contributed by atoms with Crippen LogP contribution in [0, 0.1) is 0 Å². The number of nitrogens with one attached hydrogen (secondary N) is 2. The minimum absolute atomic E-state index is 0.137. The van der Waals surface area contributed by atoms with Gasteiger partial charge in [0.25, 0.3) is 5.95 Å². The van der Waals surface area contributed by atoms with E-state index in [9.17, 15) is 4.79 Å². The van der Waals surface area contributed by atoms with Gasteiger partial charge in [0.1, 0.15) is 5.75 Å². The predicted octanol–water partition coefficient (Wildman–Crippen LogP) is 1.92. The minimum Gasteiger partial charge on any atom is -0.497 e. The molecule has 0 saturated heterocycles. The van der Waals surface area contributed by atoms with Crippen LogP contribution in [0.15, 0.2) is 58.8 Å². The zero-order valence-electron chi connectivity index (χ0n) is 18.1. The molecular formula is C21H26N8O2S. The molecule has 0 bridgehead atoms. The van der Waals surface area contributed by atoms with Crippen molar-refractivity contribution in [1.82, 2.24) is 20.2 Å². The number of aromatic nitrogens is 3. The van der Waals surface area contributed by atoms with E-state index in [1.165, 1.54) is 16.4 Å². The van der Waals surface area contributed by atoms with Gasteiger partial charge in [-0.05, 0) is 35.4 Å². The Hall–Kier alpha value is -3.73. The molecule has 2 aromatic carbocycles. The molecular weight excluding hydrogens is 428 g/mol. The molecule has 0 spiro atoms. The second-order valence-corrected chi connectivity index (χ2v) is 7.89. The minimum atomic E-state index is -0.137. The topological polar surface area (TPSA) is 123 Å². The Balaban J connectivity index is 1.45. The normalized spacial score (nSPS) is 10.8. The van der Waals surface area contributed by atoms with Crippen LogP contribution in [0.3, 0.4) is 0 Å². The first kappa shape index (κ1) is 22.9. The zero-order chi connectivity index (χ0) is 22.9. The average Bonchev–Trinajstić information content (AvgIpc) is 3.16. The molecule has 0 atom stereocenters.